The molecule has 12 nitrogen and oxygen atoms in total. The molecule has 198 valence electrons. The number of rotatable bonds is 18. The molecule has 0 spiro atoms. The van der Waals surface area contributed by atoms with Crippen LogP contribution in [0.3, 0.4) is 0 Å². The largest absolute Gasteiger partial charge is 0.480 e. The normalized spacial score (nSPS) is 11.1. The van der Waals surface area contributed by atoms with E-state index in [1.807, 2.05) is 0 Å². The number of hydrogen-bond acceptors (Lipinski definition) is 7. The molecular formula is C22H42N4O8. The van der Waals surface area contributed by atoms with Crippen molar-refractivity contribution in [3.63, 3.8) is 0 Å². The van der Waals surface area contributed by atoms with Gasteiger partial charge in [-0.3, -0.25) is 24.0 Å². The molecule has 0 aliphatic carbocycles. The maximum Gasteiger partial charge on any atom is 0.323 e. The highest BCUT2D eigenvalue weighted by atomic mass is 16.4. The number of amides is 2. The van der Waals surface area contributed by atoms with Crippen molar-refractivity contribution in [2.24, 2.45) is 11.5 Å². The highest BCUT2D eigenvalue weighted by molar-refractivity contribution is 5.81. The van der Waals surface area contributed by atoms with Crippen LogP contribution in [0.25, 0.3) is 0 Å². The van der Waals surface area contributed by atoms with Crippen molar-refractivity contribution in [3.05, 3.63) is 0 Å². The molecule has 0 aliphatic rings. The molecule has 0 aliphatic heterocycles. The SMILES string of the molecule is CN(CC(=O)O)C(=O)CCCCCCCCC(=O)N(C)CC(=O)O.NCCCC[C@H](N)C(=O)O. The number of carboxylic acid groups (broad SMARTS) is 3. The number of nitrogens with two attached hydrogens (primary N) is 2. The van der Waals surface area contributed by atoms with Gasteiger partial charge in [0, 0.05) is 26.9 Å². The average molecular weight is 491 g/mol. The molecule has 0 heterocycles. The van der Waals surface area contributed by atoms with Crippen LogP contribution in [0.5, 0.6) is 0 Å². The number of nitrogens with zero attached hydrogens (tertiary/aromatic N) is 2. The molecule has 0 radical (unpaired) electrons. The predicted molar refractivity (Wildman–Crippen MR) is 126 cm³/mol. The first-order valence-electron chi connectivity index (χ1n) is 11.5. The molecule has 0 aromatic carbocycles. The van der Waals surface area contributed by atoms with Crippen molar-refractivity contribution in [3.8, 4) is 0 Å². The fourth-order valence-corrected chi connectivity index (χ4v) is 2.86. The fraction of sp³-hybridized carbons (Fsp3) is 0.773. The van der Waals surface area contributed by atoms with E-state index in [-0.39, 0.29) is 24.9 Å². The third-order valence-electron chi connectivity index (χ3n) is 4.91. The minimum absolute atomic E-state index is 0.163. The third-order valence-corrected chi connectivity index (χ3v) is 4.91. The Hall–Kier alpha value is -2.73. The minimum atomic E-state index is -1.02. The van der Waals surface area contributed by atoms with E-state index < -0.39 is 23.9 Å². The van der Waals surface area contributed by atoms with Gasteiger partial charge in [0.15, 0.2) is 0 Å². The van der Waals surface area contributed by atoms with E-state index in [0.29, 0.717) is 25.8 Å². The van der Waals surface area contributed by atoms with Crippen LogP contribution in [0.4, 0.5) is 0 Å². The van der Waals surface area contributed by atoms with Crippen LogP contribution >= 0.6 is 0 Å². The first-order valence-corrected chi connectivity index (χ1v) is 11.5. The number of carbonyl (C=O) groups is 5. The molecule has 1 atom stereocenters. The summed E-state index contributed by atoms with van der Waals surface area (Å²) in [5, 5.41) is 25.5. The van der Waals surface area contributed by atoms with Crippen molar-refractivity contribution < 1.29 is 39.3 Å². The van der Waals surface area contributed by atoms with E-state index in [1.165, 1.54) is 23.9 Å². The Morgan fingerprint density at radius 1 is 0.676 bits per heavy atom. The fourth-order valence-electron chi connectivity index (χ4n) is 2.86. The summed E-state index contributed by atoms with van der Waals surface area (Å²) in [6.07, 6.45) is 8.00. The highest BCUT2D eigenvalue weighted by Crippen LogP contribution is 2.10. The molecule has 0 fully saturated rings. The quantitative estimate of drug-likeness (QED) is 0.170. The molecule has 0 unspecified atom stereocenters. The second-order valence-corrected chi connectivity index (χ2v) is 8.14. The van der Waals surface area contributed by atoms with Crippen LogP contribution in [0, 0.1) is 0 Å². The van der Waals surface area contributed by atoms with E-state index in [9.17, 15) is 24.0 Å². The summed E-state index contributed by atoms with van der Waals surface area (Å²) < 4.78 is 0. The average Bonchev–Trinajstić information content (AvgIpc) is 2.74. The lowest BCUT2D eigenvalue weighted by atomic mass is 10.1. The van der Waals surface area contributed by atoms with Crippen LogP contribution < -0.4 is 11.5 Å². The molecule has 0 aromatic heterocycles. The van der Waals surface area contributed by atoms with Crippen LogP contribution in [-0.2, 0) is 24.0 Å². The zero-order chi connectivity index (χ0) is 26.5. The van der Waals surface area contributed by atoms with Gasteiger partial charge in [0.1, 0.15) is 19.1 Å². The Morgan fingerprint density at radius 2 is 1.06 bits per heavy atom. The van der Waals surface area contributed by atoms with Crippen molar-refractivity contribution in [2.45, 2.75) is 76.7 Å². The van der Waals surface area contributed by atoms with Crippen LogP contribution in [0.2, 0.25) is 0 Å². The number of carboxylic acids is 3. The van der Waals surface area contributed by atoms with Gasteiger partial charge in [-0.2, -0.15) is 0 Å². The van der Waals surface area contributed by atoms with Crippen LogP contribution in [-0.4, -0.2) is 94.6 Å². The first-order chi connectivity index (χ1) is 15.9. The van der Waals surface area contributed by atoms with Gasteiger partial charge in [-0.05, 0) is 32.2 Å². The summed E-state index contributed by atoms with van der Waals surface area (Å²) in [5.74, 6) is -3.30. The van der Waals surface area contributed by atoms with Gasteiger partial charge in [-0.1, -0.05) is 32.1 Å². The lowest BCUT2D eigenvalue weighted by Gasteiger charge is -2.14. The zero-order valence-corrected chi connectivity index (χ0v) is 20.4. The van der Waals surface area contributed by atoms with E-state index in [1.54, 1.807) is 0 Å². The van der Waals surface area contributed by atoms with E-state index in [2.05, 4.69) is 0 Å². The van der Waals surface area contributed by atoms with Gasteiger partial charge in [-0.15, -0.1) is 0 Å². The second-order valence-electron chi connectivity index (χ2n) is 8.14. The van der Waals surface area contributed by atoms with E-state index in [4.69, 9.17) is 26.8 Å². The van der Waals surface area contributed by atoms with Crippen LogP contribution in [0.15, 0.2) is 0 Å². The summed E-state index contributed by atoms with van der Waals surface area (Å²) >= 11 is 0. The lowest BCUT2D eigenvalue weighted by Crippen LogP contribution is -2.31. The Kier molecular flexibility index (Phi) is 20.5. The highest BCUT2D eigenvalue weighted by Gasteiger charge is 2.12. The molecule has 7 N–H and O–H groups in total. The monoisotopic (exact) mass is 490 g/mol. The maximum absolute atomic E-state index is 11.6. The zero-order valence-electron chi connectivity index (χ0n) is 20.4. The van der Waals surface area contributed by atoms with Gasteiger partial charge >= 0.3 is 17.9 Å². The Bertz CT molecular complexity index is 590. The number of likely N-dealkylation sites (N-methyl/N-ethyl adjacent to an activating group) is 2. The van der Waals surface area contributed by atoms with Crippen molar-refractivity contribution in [1.29, 1.82) is 0 Å². The molecule has 0 rings (SSSR count). The Morgan fingerprint density at radius 3 is 1.38 bits per heavy atom. The smallest absolute Gasteiger partial charge is 0.323 e. The molecule has 34 heavy (non-hydrogen) atoms. The van der Waals surface area contributed by atoms with Crippen molar-refractivity contribution >= 4 is 29.7 Å². The van der Waals surface area contributed by atoms with E-state index >= 15 is 0 Å². The molecule has 2 amide bonds. The van der Waals surface area contributed by atoms with Gasteiger partial charge in [-0.25, -0.2) is 0 Å². The molecule has 12 heteroatoms. The minimum Gasteiger partial charge on any atom is -0.480 e. The first kappa shape index (κ1) is 33.4. The van der Waals surface area contributed by atoms with Gasteiger partial charge in [0.05, 0.1) is 0 Å². The van der Waals surface area contributed by atoms with Crippen molar-refractivity contribution in [1.82, 2.24) is 9.80 Å². The van der Waals surface area contributed by atoms with Crippen molar-refractivity contribution in [2.75, 3.05) is 33.7 Å². The van der Waals surface area contributed by atoms with E-state index in [0.717, 1.165) is 51.4 Å². The summed E-state index contributed by atoms with van der Waals surface area (Å²) in [6.45, 7) is 0.0543. The molecular weight excluding hydrogens is 448 g/mol. The van der Waals surface area contributed by atoms with Gasteiger partial charge < -0.3 is 36.6 Å². The number of aliphatic carboxylic acids is 3. The summed E-state index contributed by atoms with van der Waals surface area (Å²) in [6, 6.07) is -0.716. The van der Waals surface area contributed by atoms with Gasteiger partial charge in [0.2, 0.25) is 11.8 Å². The summed E-state index contributed by atoms with van der Waals surface area (Å²) in [7, 11) is 2.96. The summed E-state index contributed by atoms with van der Waals surface area (Å²) in [4.78, 5) is 56.7. The Balaban J connectivity index is 0. The lowest BCUT2D eigenvalue weighted by molar-refractivity contribution is -0.143. The topological polar surface area (TPSA) is 205 Å². The number of carbonyl (C=O) groups excluding carboxylic acids is 2. The molecule has 0 saturated heterocycles. The standard InChI is InChI=1S/C16H28N2O6.C6H14N2O2/c1-17(11-15(21)22)13(19)9-7-5-3-4-6-8-10-14(20)18(2)12-16(23)24;7-4-2-1-3-5(8)6(9)10/h3-12H2,1-2H3,(H,21,22)(H,23,24);5H,1-4,7-8H2,(H,9,10)/t;5-/m.0/s1. The molecule has 0 saturated carbocycles. The molecule has 0 bridgehead atoms. The summed E-state index contributed by atoms with van der Waals surface area (Å²) in [5.41, 5.74) is 10.4. The maximum atomic E-state index is 11.6. The molecule has 0 aromatic rings. The predicted octanol–water partition coefficient (Wildman–Crippen LogP) is 0.721. The third kappa shape index (κ3) is 21.1. The second kappa shape index (κ2) is 20.8. The number of unbranched alkanes of at least 4 members (excludes halogenated alkanes) is 6. The van der Waals surface area contributed by atoms with Gasteiger partial charge in [0.25, 0.3) is 0 Å². The number of hydrogen-bond donors (Lipinski definition) is 5. The van der Waals surface area contributed by atoms with Crippen LogP contribution in [0.1, 0.15) is 70.6 Å². The Labute approximate surface area is 201 Å².